The molecule has 0 spiro atoms. The van der Waals surface area contributed by atoms with Gasteiger partial charge in [0.2, 0.25) is 0 Å². The molecule has 5 nitrogen and oxygen atoms in total. The van der Waals surface area contributed by atoms with Gasteiger partial charge < -0.3 is 25.5 Å². The molecule has 13 atom stereocenters. The second-order valence-electron chi connectivity index (χ2n) is 12.9. The quantitative estimate of drug-likeness (QED) is 0.425. The molecule has 0 bridgehead atoms. The topological polar surface area (TPSA) is 101 Å². The lowest BCUT2D eigenvalue weighted by Crippen LogP contribution is -2.59. The molecule has 0 heterocycles. The number of fused-ring (bicyclic) bond motifs is 5. The normalized spacial score (nSPS) is 52.6. The molecule has 0 amide bonds. The van der Waals surface area contributed by atoms with Crippen molar-refractivity contribution in [3.05, 3.63) is 0 Å². The Labute approximate surface area is 194 Å². The van der Waals surface area contributed by atoms with Crippen molar-refractivity contribution in [2.24, 2.45) is 52.3 Å². The Morgan fingerprint density at radius 2 is 1.53 bits per heavy atom. The SMILES string of the molecule is CC(CO)CCC[C@@H](C)[C@H]1[C@@H](O)[C@H](O)[C@H]2[C@@H]3C[C@@H](O)[C@H]4C[C@@H](O)CC[C@]4(C)[C@H]3CC[C@]12C. The maximum Gasteiger partial charge on any atom is 0.0838 e. The van der Waals surface area contributed by atoms with E-state index in [2.05, 4.69) is 27.7 Å². The number of aliphatic hydroxyl groups excluding tert-OH is 5. The molecule has 5 N–H and O–H groups in total. The molecule has 0 aromatic carbocycles. The number of hydrogen-bond acceptors (Lipinski definition) is 5. The summed E-state index contributed by atoms with van der Waals surface area (Å²) >= 11 is 0. The van der Waals surface area contributed by atoms with Crippen LogP contribution in [0.1, 0.15) is 85.5 Å². The van der Waals surface area contributed by atoms with E-state index in [0.29, 0.717) is 30.6 Å². The van der Waals surface area contributed by atoms with E-state index < -0.39 is 18.3 Å². The summed E-state index contributed by atoms with van der Waals surface area (Å²) in [5.74, 6) is 1.55. The zero-order valence-electron chi connectivity index (χ0n) is 20.7. The van der Waals surface area contributed by atoms with E-state index in [1.54, 1.807) is 0 Å². The van der Waals surface area contributed by atoms with Gasteiger partial charge in [-0.1, -0.05) is 40.5 Å². The van der Waals surface area contributed by atoms with Crippen LogP contribution in [0.5, 0.6) is 0 Å². The van der Waals surface area contributed by atoms with Crippen LogP contribution in [0.25, 0.3) is 0 Å². The van der Waals surface area contributed by atoms with Gasteiger partial charge in [-0.05, 0) is 97.2 Å². The van der Waals surface area contributed by atoms with Crippen molar-refractivity contribution in [2.45, 2.75) is 110 Å². The first-order valence-electron chi connectivity index (χ1n) is 13.4. The molecule has 4 saturated carbocycles. The first-order chi connectivity index (χ1) is 15.0. The molecular weight excluding hydrogens is 404 g/mol. The molecule has 32 heavy (non-hydrogen) atoms. The summed E-state index contributed by atoms with van der Waals surface area (Å²) in [6.07, 6.45) is 6.14. The predicted molar refractivity (Wildman–Crippen MR) is 125 cm³/mol. The molecule has 0 aliphatic heterocycles. The number of rotatable bonds is 6. The third-order valence-corrected chi connectivity index (χ3v) is 11.1. The zero-order valence-corrected chi connectivity index (χ0v) is 20.7. The van der Waals surface area contributed by atoms with E-state index in [9.17, 15) is 25.5 Å². The summed E-state index contributed by atoms with van der Waals surface area (Å²) in [4.78, 5) is 0. The lowest BCUT2D eigenvalue weighted by Gasteiger charge is -2.62. The van der Waals surface area contributed by atoms with Crippen LogP contribution in [0, 0.1) is 52.3 Å². The Hall–Kier alpha value is -0.200. The molecular formula is C27H48O5. The minimum Gasteiger partial charge on any atom is -0.396 e. The highest BCUT2D eigenvalue weighted by Gasteiger charge is 2.67. The van der Waals surface area contributed by atoms with Crippen LogP contribution in [0.3, 0.4) is 0 Å². The van der Waals surface area contributed by atoms with Gasteiger partial charge in [0.1, 0.15) is 0 Å². The molecule has 4 aliphatic rings. The second kappa shape index (κ2) is 9.11. The van der Waals surface area contributed by atoms with Crippen molar-refractivity contribution >= 4 is 0 Å². The van der Waals surface area contributed by atoms with Crippen LogP contribution >= 0.6 is 0 Å². The molecule has 5 heteroatoms. The van der Waals surface area contributed by atoms with Gasteiger partial charge in [0, 0.05) is 6.61 Å². The average Bonchev–Trinajstić information content (AvgIpc) is 2.94. The fourth-order valence-electron chi connectivity index (χ4n) is 9.45. The lowest BCUT2D eigenvalue weighted by molar-refractivity contribution is -0.181. The van der Waals surface area contributed by atoms with Gasteiger partial charge in [0.05, 0.1) is 24.4 Å². The third-order valence-electron chi connectivity index (χ3n) is 11.1. The fourth-order valence-corrected chi connectivity index (χ4v) is 9.45. The summed E-state index contributed by atoms with van der Waals surface area (Å²) in [5.41, 5.74) is -0.100. The Morgan fingerprint density at radius 3 is 2.22 bits per heavy atom. The molecule has 4 aliphatic carbocycles. The van der Waals surface area contributed by atoms with Crippen LogP contribution < -0.4 is 0 Å². The summed E-state index contributed by atoms with van der Waals surface area (Å²) in [6.45, 7) is 9.16. The molecule has 1 unspecified atom stereocenters. The Morgan fingerprint density at radius 1 is 0.844 bits per heavy atom. The molecule has 0 radical (unpaired) electrons. The third kappa shape index (κ3) is 3.88. The molecule has 0 aromatic heterocycles. The summed E-state index contributed by atoms with van der Waals surface area (Å²) in [7, 11) is 0. The largest absolute Gasteiger partial charge is 0.396 e. The Balaban J connectivity index is 1.55. The van der Waals surface area contributed by atoms with Gasteiger partial charge in [-0.15, -0.1) is 0 Å². The van der Waals surface area contributed by atoms with Crippen LogP contribution in [-0.2, 0) is 0 Å². The van der Waals surface area contributed by atoms with Crippen molar-refractivity contribution in [1.82, 2.24) is 0 Å². The monoisotopic (exact) mass is 452 g/mol. The highest BCUT2D eigenvalue weighted by Crippen LogP contribution is 2.68. The highest BCUT2D eigenvalue weighted by molar-refractivity contribution is 5.15. The second-order valence-corrected chi connectivity index (χ2v) is 12.9. The van der Waals surface area contributed by atoms with Gasteiger partial charge in [0.25, 0.3) is 0 Å². The zero-order chi connectivity index (χ0) is 23.4. The highest BCUT2D eigenvalue weighted by atomic mass is 16.3. The van der Waals surface area contributed by atoms with E-state index in [-0.39, 0.29) is 47.2 Å². The Bertz CT molecular complexity index is 656. The minimum atomic E-state index is -0.724. The van der Waals surface area contributed by atoms with Crippen molar-refractivity contribution in [3.63, 3.8) is 0 Å². The van der Waals surface area contributed by atoms with Gasteiger partial charge in [-0.25, -0.2) is 0 Å². The maximum absolute atomic E-state index is 11.4. The van der Waals surface area contributed by atoms with Crippen LogP contribution in [0.2, 0.25) is 0 Å². The van der Waals surface area contributed by atoms with Crippen LogP contribution in [0.4, 0.5) is 0 Å². The molecule has 0 aromatic rings. The molecule has 4 fully saturated rings. The predicted octanol–water partition coefficient (Wildman–Crippen LogP) is 3.35. The van der Waals surface area contributed by atoms with E-state index in [4.69, 9.17) is 0 Å². The van der Waals surface area contributed by atoms with Crippen molar-refractivity contribution in [1.29, 1.82) is 0 Å². The van der Waals surface area contributed by atoms with Gasteiger partial charge in [-0.3, -0.25) is 0 Å². The van der Waals surface area contributed by atoms with Gasteiger partial charge in [-0.2, -0.15) is 0 Å². The number of aliphatic hydroxyl groups is 5. The summed E-state index contributed by atoms with van der Waals surface area (Å²) < 4.78 is 0. The smallest absolute Gasteiger partial charge is 0.0838 e. The molecule has 186 valence electrons. The maximum atomic E-state index is 11.4. The summed E-state index contributed by atoms with van der Waals surface area (Å²) in [5, 5.41) is 53.4. The summed E-state index contributed by atoms with van der Waals surface area (Å²) in [6, 6.07) is 0. The molecule has 4 rings (SSSR count). The number of hydrogen-bond donors (Lipinski definition) is 5. The van der Waals surface area contributed by atoms with Crippen LogP contribution in [0.15, 0.2) is 0 Å². The fraction of sp³-hybridized carbons (Fsp3) is 1.00. The molecule has 0 saturated heterocycles. The van der Waals surface area contributed by atoms with E-state index >= 15 is 0 Å². The van der Waals surface area contributed by atoms with Gasteiger partial charge in [0.15, 0.2) is 0 Å². The van der Waals surface area contributed by atoms with E-state index in [1.165, 1.54) is 0 Å². The first-order valence-corrected chi connectivity index (χ1v) is 13.4. The first kappa shape index (κ1) is 24.9. The minimum absolute atomic E-state index is 0.0116. The van der Waals surface area contributed by atoms with Crippen molar-refractivity contribution in [2.75, 3.05) is 6.61 Å². The average molecular weight is 453 g/mol. The van der Waals surface area contributed by atoms with Crippen LogP contribution in [-0.4, -0.2) is 56.6 Å². The van der Waals surface area contributed by atoms with Crippen molar-refractivity contribution < 1.29 is 25.5 Å². The van der Waals surface area contributed by atoms with E-state index in [0.717, 1.165) is 44.9 Å². The van der Waals surface area contributed by atoms with Crippen molar-refractivity contribution in [3.8, 4) is 0 Å². The van der Waals surface area contributed by atoms with E-state index in [1.807, 2.05) is 0 Å². The standard InChI is InChI=1S/C27H48O5/c1-15(14-28)6-5-7-16(2)22-24(31)25(32)23-18-13-21(30)20-12-17(29)8-10-26(20,3)19(18)9-11-27(22,23)4/h15-25,28-32H,5-14H2,1-4H3/t15?,16-,17+,18-,19+,20-,21-,22+,23-,24-,25-,26-,27-/m1/s1. The van der Waals surface area contributed by atoms with Gasteiger partial charge >= 0.3 is 0 Å². The Kier molecular flexibility index (Phi) is 7.09. The lowest BCUT2D eigenvalue weighted by atomic mass is 9.43.